The maximum atomic E-state index is 6.14. The predicted molar refractivity (Wildman–Crippen MR) is 113 cm³/mol. The summed E-state index contributed by atoms with van der Waals surface area (Å²) in [4.78, 5) is 0. The normalized spacial score (nSPS) is 12.0. The highest BCUT2D eigenvalue weighted by molar-refractivity contribution is 7.98. The number of thioether (sulfide) groups is 1. The molecule has 6 heteroatoms. The molecule has 0 aliphatic heterocycles. The van der Waals surface area contributed by atoms with Gasteiger partial charge in [-0.05, 0) is 68.7 Å². The van der Waals surface area contributed by atoms with Crippen molar-refractivity contribution in [3.05, 3.63) is 65.0 Å². The zero-order chi connectivity index (χ0) is 20.1. The Labute approximate surface area is 171 Å². The molecule has 0 radical (unpaired) electrons. The Morgan fingerprint density at radius 2 is 1.86 bits per heavy atom. The minimum atomic E-state index is -0.180. The van der Waals surface area contributed by atoms with Crippen molar-refractivity contribution in [2.24, 2.45) is 0 Å². The van der Waals surface area contributed by atoms with Gasteiger partial charge in [0.05, 0.1) is 7.11 Å². The van der Waals surface area contributed by atoms with Gasteiger partial charge in [0.2, 0.25) is 0 Å². The molecule has 1 aromatic heterocycles. The molecule has 3 aromatic rings. The molecule has 0 aliphatic rings. The van der Waals surface area contributed by atoms with E-state index in [1.165, 1.54) is 16.7 Å². The van der Waals surface area contributed by atoms with Crippen molar-refractivity contribution in [3.8, 4) is 11.5 Å². The molecule has 0 saturated heterocycles. The number of rotatable bonds is 8. The first kappa shape index (κ1) is 20.3. The van der Waals surface area contributed by atoms with Gasteiger partial charge >= 0.3 is 0 Å². The van der Waals surface area contributed by atoms with Gasteiger partial charge in [-0.3, -0.25) is 0 Å². The summed E-state index contributed by atoms with van der Waals surface area (Å²) in [6, 6.07) is 14.2. The van der Waals surface area contributed by atoms with Crippen molar-refractivity contribution in [2.75, 3.05) is 7.11 Å². The Morgan fingerprint density at radius 3 is 2.57 bits per heavy atom. The van der Waals surface area contributed by atoms with Crippen molar-refractivity contribution < 1.29 is 9.47 Å². The molecule has 0 spiro atoms. The summed E-state index contributed by atoms with van der Waals surface area (Å²) in [5, 5.41) is 9.71. The zero-order valence-electron chi connectivity index (χ0n) is 17.1. The van der Waals surface area contributed by atoms with Crippen LogP contribution in [0.25, 0.3) is 0 Å². The average Bonchev–Trinajstić information content (AvgIpc) is 3.12. The summed E-state index contributed by atoms with van der Waals surface area (Å²) in [6.45, 7) is 9.10. The van der Waals surface area contributed by atoms with E-state index < -0.39 is 0 Å². The number of aryl methyl sites for hydroxylation is 2. The predicted octanol–water partition coefficient (Wildman–Crippen LogP) is 5.36. The van der Waals surface area contributed by atoms with Gasteiger partial charge in [-0.2, -0.15) is 0 Å². The third-order valence-electron chi connectivity index (χ3n) is 4.72. The van der Waals surface area contributed by atoms with Crippen LogP contribution in [-0.4, -0.2) is 21.9 Å². The first-order valence-corrected chi connectivity index (χ1v) is 10.4. The fourth-order valence-electron chi connectivity index (χ4n) is 2.96. The van der Waals surface area contributed by atoms with E-state index in [2.05, 4.69) is 53.7 Å². The number of hydrogen-bond donors (Lipinski definition) is 0. The molecule has 1 unspecified atom stereocenters. The summed E-state index contributed by atoms with van der Waals surface area (Å²) in [7, 11) is 1.68. The average molecular weight is 398 g/mol. The third kappa shape index (κ3) is 4.68. The van der Waals surface area contributed by atoms with E-state index in [1.807, 2.05) is 31.2 Å². The molecule has 3 rings (SSSR count). The minimum Gasteiger partial charge on any atom is -0.497 e. The van der Waals surface area contributed by atoms with Crippen molar-refractivity contribution >= 4 is 11.8 Å². The van der Waals surface area contributed by atoms with Crippen LogP contribution in [0.1, 0.15) is 42.5 Å². The van der Waals surface area contributed by atoms with Crippen LogP contribution in [0.15, 0.2) is 47.6 Å². The molecular weight excluding hydrogens is 370 g/mol. The smallest absolute Gasteiger partial charge is 0.191 e. The van der Waals surface area contributed by atoms with Gasteiger partial charge in [0.1, 0.15) is 11.5 Å². The van der Waals surface area contributed by atoms with Gasteiger partial charge in [-0.25, -0.2) is 0 Å². The summed E-state index contributed by atoms with van der Waals surface area (Å²) in [6.07, 6.45) is -0.180. The Balaban J connectivity index is 1.72. The van der Waals surface area contributed by atoms with Crippen LogP contribution in [0.3, 0.4) is 0 Å². The van der Waals surface area contributed by atoms with Gasteiger partial charge in [0, 0.05) is 12.3 Å². The fraction of sp³-hybridized carbons (Fsp3) is 0.364. The summed E-state index contributed by atoms with van der Waals surface area (Å²) >= 11 is 1.67. The molecule has 148 valence electrons. The molecule has 1 heterocycles. The van der Waals surface area contributed by atoms with E-state index >= 15 is 0 Å². The lowest BCUT2D eigenvalue weighted by molar-refractivity contribution is 0.209. The van der Waals surface area contributed by atoms with E-state index in [9.17, 15) is 0 Å². The quantitative estimate of drug-likeness (QED) is 0.479. The molecule has 0 saturated carbocycles. The Bertz CT molecular complexity index is 939. The second-order valence-corrected chi connectivity index (χ2v) is 7.67. The number of aromatic nitrogens is 3. The zero-order valence-corrected chi connectivity index (χ0v) is 17.9. The van der Waals surface area contributed by atoms with Crippen molar-refractivity contribution in [3.63, 3.8) is 0 Å². The maximum Gasteiger partial charge on any atom is 0.191 e. The van der Waals surface area contributed by atoms with Crippen molar-refractivity contribution in [2.45, 2.75) is 51.3 Å². The number of hydrogen-bond acceptors (Lipinski definition) is 5. The van der Waals surface area contributed by atoms with Crippen LogP contribution in [0.5, 0.6) is 11.5 Å². The molecule has 0 amide bonds. The second-order valence-electron chi connectivity index (χ2n) is 6.73. The SMILES string of the molecule is CCn1c(SCc2cccc(OC)c2)nnc1C(C)Oc1ccc(C)c(C)c1. The Morgan fingerprint density at radius 1 is 1.04 bits per heavy atom. The second kappa shape index (κ2) is 9.15. The number of nitrogens with zero attached hydrogens (tertiary/aromatic N) is 3. The van der Waals surface area contributed by atoms with Crippen molar-refractivity contribution in [1.29, 1.82) is 0 Å². The van der Waals surface area contributed by atoms with Crippen LogP contribution in [0.4, 0.5) is 0 Å². The van der Waals surface area contributed by atoms with Gasteiger partial charge < -0.3 is 14.0 Å². The lowest BCUT2D eigenvalue weighted by Gasteiger charge is -2.16. The van der Waals surface area contributed by atoms with E-state index in [1.54, 1.807) is 18.9 Å². The number of ether oxygens (including phenoxy) is 2. The van der Waals surface area contributed by atoms with Crippen molar-refractivity contribution in [1.82, 2.24) is 14.8 Å². The standard InChI is InChI=1S/C22H27N3O2S/c1-6-25-21(17(4)27-20-11-10-15(2)16(3)12-20)23-24-22(25)28-14-18-8-7-9-19(13-18)26-5/h7-13,17H,6,14H2,1-5H3. The Hall–Kier alpha value is -2.47. The number of benzene rings is 2. The molecule has 28 heavy (non-hydrogen) atoms. The molecule has 0 aliphatic carbocycles. The van der Waals surface area contributed by atoms with Crippen LogP contribution in [-0.2, 0) is 12.3 Å². The van der Waals surface area contributed by atoms with E-state index in [0.29, 0.717) is 0 Å². The van der Waals surface area contributed by atoms with E-state index in [-0.39, 0.29) is 6.10 Å². The highest BCUT2D eigenvalue weighted by Gasteiger charge is 2.19. The number of methoxy groups -OCH3 is 1. The Kier molecular flexibility index (Phi) is 6.62. The fourth-order valence-corrected chi connectivity index (χ4v) is 3.91. The lowest BCUT2D eigenvalue weighted by atomic mass is 10.1. The lowest BCUT2D eigenvalue weighted by Crippen LogP contribution is -2.12. The highest BCUT2D eigenvalue weighted by atomic mass is 32.2. The van der Waals surface area contributed by atoms with Gasteiger partial charge in [0.25, 0.3) is 0 Å². The maximum absolute atomic E-state index is 6.14. The third-order valence-corrected chi connectivity index (χ3v) is 5.76. The topological polar surface area (TPSA) is 49.2 Å². The van der Waals surface area contributed by atoms with Crippen LogP contribution >= 0.6 is 11.8 Å². The van der Waals surface area contributed by atoms with E-state index in [4.69, 9.17) is 9.47 Å². The molecule has 1 atom stereocenters. The van der Waals surface area contributed by atoms with Gasteiger partial charge in [0.15, 0.2) is 17.1 Å². The molecule has 0 bridgehead atoms. The first-order valence-electron chi connectivity index (χ1n) is 9.44. The van der Waals surface area contributed by atoms with Crippen LogP contribution in [0.2, 0.25) is 0 Å². The minimum absolute atomic E-state index is 0.180. The van der Waals surface area contributed by atoms with Gasteiger partial charge in [-0.1, -0.05) is 30.0 Å². The summed E-state index contributed by atoms with van der Waals surface area (Å²) in [5.41, 5.74) is 3.67. The van der Waals surface area contributed by atoms with E-state index in [0.717, 1.165) is 34.8 Å². The summed E-state index contributed by atoms with van der Waals surface area (Å²) < 4.78 is 13.6. The molecule has 0 fully saturated rings. The largest absolute Gasteiger partial charge is 0.497 e. The van der Waals surface area contributed by atoms with Gasteiger partial charge in [-0.15, -0.1) is 10.2 Å². The molecule has 2 aromatic carbocycles. The van der Waals surface area contributed by atoms with Crippen LogP contribution < -0.4 is 9.47 Å². The molecule has 5 nitrogen and oxygen atoms in total. The summed E-state index contributed by atoms with van der Waals surface area (Å²) in [5.74, 6) is 3.37. The van der Waals surface area contributed by atoms with Crippen LogP contribution in [0, 0.1) is 13.8 Å². The molecular formula is C22H27N3O2S. The monoisotopic (exact) mass is 397 g/mol. The first-order chi connectivity index (χ1) is 13.5. The molecule has 0 N–H and O–H groups in total. The highest BCUT2D eigenvalue weighted by Crippen LogP contribution is 2.28.